The van der Waals surface area contributed by atoms with Gasteiger partial charge in [0.1, 0.15) is 0 Å². The average Bonchev–Trinajstić information content (AvgIpc) is 3.05. The molecule has 0 spiro atoms. The van der Waals surface area contributed by atoms with E-state index in [1.54, 1.807) is 7.05 Å². The van der Waals surface area contributed by atoms with E-state index in [9.17, 15) is 4.79 Å². The number of benzene rings is 1. The highest BCUT2D eigenvalue weighted by Gasteiger charge is 2.16. The van der Waals surface area contributed by atoms with Crippen molar-refractivity contribution >= 4 is 11.9 Å². The molecule has 0 heterocycles. The van der Waals surface area contributed by atoms with E-state index in [2.05, 4.69) is 53.0 Å². The molecule has 1 aromatic carbocycles. The van der Waals surface area contributed by atoms with E-state index in [-0.39, 0.29) is 5.91 Å². The van der Waals surface area contributed by atoms with Crippen LogP contribution in [0.3, 0.4) is 0 Å². The van der Waals surface area contributed by atoms with E-state index >= 15 is 0 Å². The lowest BCUT2D eigenvalue weighted by Crippen LogP contribution is -2.40. The van der Waals surface area contributed by atoms with Crippen molar-refractivity contribution in [3.63, 3.8) is 0 Å². The van der Waals surface area contributed by atoms with Crippen molar-refractivity contribution in [2.45, 2.75) is 58.5 Å². The highest BCUT2D eigenvalue weighted by Crippen LogP contribution is 2.17. The van der Waals surface area contributed by atoms with Crippen LogP contribution < -0.4 is 16.0 Å². The number of aryl methyl sites for hydroxylation is 2. The lowest BCUT2D eigenvalue weighted by molar-refractivity contribution is -0.121. The third-order valence-electron chi connectivity index (χ3n) is 4.53. The average molecular weight is 330 g/mol. The van der Waals surface area contributed by atoms with Gasteiger partial charge in [0.2, 0.25) is 5.91 Å². The Kier molecular flexibility index (Phi) is 7.09. The fourth-order valence-electron chi connectivity index (χ4n) is 3.11. The Morgan fingerprint density at radius 2 is 1.96 bits per heavy atom. The van der Waals surface area contributed by atoms with Gasteiger partial charge in [-0.3, -0.25) is 9.79 Å². The molecular formula is C19H30N4O. The van der Waals surface area contributed by atoms with Gasteiger partial charge in [-0.1, -0.05) is 36.6 Å². The summed E-state index contributed by atoms with van der Waals surface area (Å²) in [4.78, 5) is 16.1. The molecule has 132 valence electrons. The van der Waals surface area contributed by atoms with E-state index < -0.39 is 0 Å². The molecular weight excluding hydrogens is 300 g/mol. The van der Waals surface area contributed by atoms with Crippen molar-refractivity contribution in [3.05, 3.63) is 34.9 Å². The van der Waals surface area contributed by atoms with Crippen molar-refractivity contribution in [1.82, 2.24) is 16.0 Å². The lowest BCUT2D eigenvalue weighted by atomic mass is 10.1. The summed E-state index contributed by atoms with van der Waals surface area (Å²) in [7, 11) is 1.75. The molecule has 1 amide bonds. The van der Waals surface area contributed by atoms with Crippen LogP contribution in [0.5, 0.6) is 0 Å². The number of amides is 1. The molecule has 1 aromatic rings. The molecule has 0 saturated heterocycles. The van der Waals surface area contributed by atoms with Crippen LogP contribution in [0.15, 0.2) is 23.2 Å². The van der Waals surface area contributed by atoms with Gasteiger partial charge in [-0.2, -0.15) is 0 Å². The minimum atomic E-state index is 0.124. The summed E-state index contributed by atoms with van der Waals surface area (Å²) in [5.41, 5.74) is 3.79. The smallest absolute Gasteiger partial charge is 0.221 e. The van der Waals surface area contributed by atoms with Crippen LogP contribution in [0.25, 0.3) is 0 Å². The summed E-state index contributed by atoms with van der Waals surface area (Å²) in [6.45, 7) is 5.53. The van der Waals surface area contributed by atoms with Crippen LogP contribution >= 0.6 is 0 Å². The molecule has 0 atom stereocenters. The molecule has 1 saturated carbocycles. The maximum atomic E-state index is 11.9. The van der Waals surface area contributed by atoms with Crippen LogP contribution in [0.2, 0.25) is 0 Å². The minimum absolute atomic E-state index is 0.124. The Balaban J connectivity index is 1.69. The van der Waals surface area contributed by atoms with Crippen LogP contribution in [0.4, 0.5) is 0 Å². The zero-order valence-corrected chi connectivity index (χ0v) is 15.1. The maximum absolute atomic E-state index is 11.9. The van der Waals surface area contributed by atoms with E-state index in [0.29, 0.717) is 19.0 Å². The summed E-state index contributed by atoms with van der Waals surface area (Å²) < 4.78 is 0. The summed E-state index contributed by atoms with van der Waals surface area (Å²) in [5, 5.41) is 9.61. The normalized spacial score (nSPS) is 15.4. The number of carbonyl (C=O) groups is 1. The molecule has 0 aliphatic heterocycles. The first kappa shape index (κ1) is 18.3. The zero-order chi connectivity index (χ0) is 17.4. The highest BCUT2D eigenvalue weighted by atomic mass is 16.1. The first-order chi connectivity index (χ1) is 11.6. The van der Waals surface area contributed by atoms with Crippen molar-refractivity contribution in [1.29, 1.82) is 0 Å². The Labute approximate surface area is 145 Å². The molecule has 0 radical (unpaired) electrons. The quantitative estimate of drug-likeness (QED) is 0.554. The number of aliphatic imine (C=N–C) groups is 1. The van der Waals surface area contributed by atoms with Crippen molar-refractivity contribution in [2.24, 2.45) is 4.99 Å². The monoisotopic (exact) mass is 330 g/mol. The third kappa shape index (κ3) is 5.87. The van der Waals surface area contributed by atoms with Crippen molar-refractivity contribution in [2.75, 3.05) is 13.6 Å². The van der Waals surface area contributed by atoms with Gasteiger partial charge in [0, 0.05) is 32.6 Å². The first-order valence-corrected chi connectivity index (χ1v) is 8.88. The minimum Gasteiger partial charge on any atom is -0.356 e. The fraction of sp³-hybridized carbons (Fsp3) is 0.579. The molecule has 0 aromatic heterocycles. The van der Waals surface area contributed by atoms with Gasteiger partial charge in [-0.15, -0.1) is 0 Å². The topological polar surface area (TPSA) is 65.5 Å². The van der Waals surface area contributed by atoms with E-state index in [4.69, 9.17) is 0 Å². The molecule has 0 unspecified atom stereocenters. The van der Waals surface area contributed by atoms with Crippen LogP contribution in [-0.2, 0) is 11.3 Å². The number of hydrogen-bond acceptors (Lipinski definition) is 2. The molecule has 5 heteroatoms. The standard InChI is InChI=1S/C19H30N4O/c1-14-8-9-16(15(2)12-14)13-22-19(20-3)21-11-10-18(24)23-17-6-4-5-7-17/h8-9,12,17H,4-7,10-11,13H2,1-3H3,(H,23,24)(H2,20,21,22). The van der Waals surface area contributed by atoms with E-state index in [1.165, 1.54) is 29.5 Å². The van der Waals surface area contributed by atoms with Gasteiger partial charge in [0.15, 0.2) is 5.96 Å². The fourth-order valence-corrected chi connectivity index (χ4v) is 3.11. The Morgan fingerprint density at radius 1 is 1.21 bits per heavy atom. The number of guanidine groups is 1. The molecule has 3 N–H and O–H groups in total. The number of nitrogens with one attached hydrogen (secondary N) is 3. The zero-order valence-electron chi connectivity index (χ0n) is 15.1. The van der Waals surface area contributed by atoms with Gasteiger partial charge in [0.25, 0.3) is 0 Å². The highest BCUT2D eigenvalue weighted by molar-refractivity contribution is 5.81. The van der Waals surface area contributed by atoms with Crippen LogP contribution in [-0.4, -0.2) is 31.5 Å². The summed E-state index contributed by atoms with van der Waals surface area (Å²) in [6, 6.07) is 6.83. The van der Waals surface area contributed by atoms with Gasteiger partial charge < -0.3 is 16.0 Å². The van der Waals surface area contributed by atoms with Crippen molar-refractivity contribution in [3.8, 4) is 0 Å². The molecule has 1 fully saturated rings. The Hall–Kier alpha value is -2.04. The van der Waals surface area contributed by atoms with Gasteiger partial charge >= 0.3 is 0 Å². The predicted octanol–water partition coefficient (Wildman–Crippen LogP) is 2.42. The van der Waals surface area contributed by atoms with Gasteiger partial charge in [-0.25, -0.2) is 0 Å². The number of carbonyl (C=O) groups excluding carboxylic acids is 1. The largest absolute Gasteiger partial charge is 0.356 e. The number of nitrogens with zero attached hydrogens (tertiary/aromatic N) is 1. The SMILES string of the molecule is CN=C(NCCC(=O)NC1CCCC1)NCc1ccc(C)cc1C. The van der Waals surface area contributed by atoms with Gasteiger partial charge in [0.05, 0.1) is 0 Å². The third-order valence-corrected chi connectivity index (χ3v) is 4.53. The molecule has 5 nitrogen and oxygen atoms in total. The second-order valence-corrected chi connectivity index (χ2v) is 6.58. The number of hydrogen-bond donors (Lipinski definition) is 3. The Morgan fingerprint density at radius 3 is 2.62 bits per heavy atom. The summed E-state index contributed by atoms with van der Waals surface area (Å²) in [5.74, 6) is 0.850. The van der Waals surface area contributed by atoms with Crippen LogP contribution in [0, 0.1) is 13.8 Å². The predicted molar refractivity (Wildman–Crippen MR) is 99.1 cm³/mol. The lowest BCUT2D eigenvalue weighted by Gasteiger charge is -2.15. The van der Waals surface area contributed by atoms with Gasteiger partial charge in [-0.05, 0) is 37.8 Å². The first-order valence-electron chi connectivity index (χ1n) is 8.88. The van der Waals surface area contributed by atoms with E-state index in [0.717, 1.165) is 25.3 Å². The molecule has 24 heavy (non-hydrogen) atoms. The maximum Gasteiger partial charge on any atom is 0.221 e. The van der Waals surface area contributed by atoms with Crippen LogP contribution in [0.1, 0.15) is 48.8 Å². The second kappa shape index (κ2) is 9.30. The summed E-state index contributed by atoms with van der Waals surface area (Å²) >= 11 is 0. The molecule has 1 aliphatic carbocycles. The van der Waals surface area contributed by atoms with Crippen molar-refractivity contribution < 1.29 is 4.79 Å². The number of rotatable bonds is 6. The second-order valence-electron chi connectivity index (χ2n) is 6.58. The summed E-state index contributed by atoms with van der Waals surface area (Å²) in [6.07, 6.45) is 5.19. The Bertz CT molecular complexity index is 577. The molecule has 2 rings (SSSR count). The molecule has 0 bridgehead atoms. The molecule has 1 aliphatic rings. The van der Waals surface area contributed by atoms with E-state index in [1.807, 2.05) is 0 Å².